The van der Waals surface area contributed by atoms with Crippen LogP contribution < -0.4 is 9.47 Å². The van der Waals surface area contributed by atoms with Crippen molar-refractivity contribution in [1.29, 1.82) is 0 Å². The fourth-order valence-electron chi connectivity index (χ4n) is 3.38. The SMILES string of the molecule is COc1ccc(-c2cc3c(Oc4ccc(-c5ccccc5)cc4)ncnc3[nH]2)cc1. The summed E-state index contributed by atoms with van der Waals surface area (Å²) in [5, 5.41) is 0.829. The number of fused-ring (bicyclic) bond motifs is 1. The van der Waals surface area contributed by atoms with Crippen LogP contribution in [-0.4, -0.2) is 22.1 Å². The molecule has 0 aliphatic heterocycles. The lowest BCUT2D eigenvalue weighted by atomic mass is 10.1. The van der Waals surface area contributed by atoms with Crippen molar-refractivity contribution in [3.63, 3.8) is 0 Å². The molecule has 30 heavy (non-hydrogen) atoms. The Bertz CT molecular complexity index is 1280. The van der Waals surface area contributed by atoms with Crippen molar-refractivity contribution >= 4 is 11.0 Å². The van der Waals surface area contributed by atoms with Crippen molar-refractivity contribution in [2.24, 2.45) is 0 Å². The van der Waals surface area contributed by atoms with Gasteiger partial charge in [0.25, 0.3) is 0 Å². The van der Waals surface area contributed by atoms with Gasteiger partial charge in [0.2, 0.25) is 5.88 Å². The fraction of sp³-hybridized carbons (Fsp3) is 0.0400. The molecule has 1 N–H and O–H groups in total. The molecule has 0 bridgehead atoms. The number of H-pyrrole nitrogens is 1. The first-order valence-electron chi connectivity index (χ1n) is 9.62. The Labute approximate surface area is 174 Å². The molecule has 5 nitrogen and oxygen atoms in total. The van der Waals surface area contributed by atoms with Crippen LogP contribution >= 0.6 is 0 Å². The van der Waals surface area contributed by atoms with Gasteiger partial charge in [-0.05, 0) is 59.2 Å². The maximum atomic E-state index is 6.08. The quantitative estimate of drug-likeness (QED) is 0.392. The van der Waals surface area contributed by atoms with E-state index < -0.39 is 0 Å². The summed E-state index contributed by atoms with van der Waals surface area (Å²) in [4.78, 5) is 12.0. The smallest absolute Gasteiger partial charge is 0.231 e. The van der Waals surface area contributed by atoms with E-state index in [4.69, 9.17) is 9.47 Å². The third-order valence-electron chi connectivity index (χ3n) is 4.97. The molecular weight excluding hydrogens is 374 g/mol. The molecule has 0 spiro atoms. The predicted molar refractivity (Wildman–Crippen MR) is 118 cm³/mol. The Hall–Kier alpha value is -4.12. The van der Waals surface area contributed by atoms with E-state index in [1.165, 1.54) is 11.9 Å². The normalized spacial score (nSPS) is 10.8. The van der Waals surface area contributed by atoms with Crippen molar-refractivity contribution in [1.82, 2.24) is 15.0 Å². The third-order valence-corrected chi connectivity index (χ3v) is 4.97. The Balaban J connectivity index is 1.43. The summed E-state index contributed by atoms with van der Waals surface area (Å²) in [6, 6.07) is 28.1. The van der Waals surface area contributed by atoms with E-state index in [1.54, 1.807) is 7.11 Å². The molecule has 5 aromatic rings. The van der Waals surface area contributed by atoms with Gasteiger partial charge in [-0.25, -0.2) is 9.97 Å². The lowest BCUT2D eigenvalue weighted by Gasteiger charge is -2.07. The summed E-state index contributed by atoms with van der Waals surface area (Å²) in [6.07, 6.45) is 1.50. The van der Waals surface area contributed by atoms with E-state index in [0.717, 1.165) is 39.4 Å². The second-order valence-corrected chi connectivity index (χ2v) is 6.85. The molecule has 2 heterocycles. The first-order valence-corrected chi connectivity index (χ1v) is 9.62. The van der Waals surface area contributed by atoms with Crippen molar-refractivity contribution in [3.8, 4) is 39.8 Å². The highest BCUT2D eigenvalue weighted by atomic mass is 16.5. The molecule has 0 aliphatic carbocycles. The zero-order valence-electron chi connectivity index (χ0n) is 16.4. The largest absolute Gasteiger partial charge is 0.497 e. The zero-order chi connectivity index (χ0) is 20.3. The van der Waals surface area contributed by atoms with Gasteiger partial charge in [0.15, 0.2) is 0 Å². The summed E-state index contributed by atoms with van der Waals surface area (Å²) < 4.78 is 11.3. The average molecular weight is 393 g/mol. The summed E-state index contributed by atoms with van der Waals surface area (Å²) in [6.45, 7) is 0. The molecule has 0 unspecified atom stereocenters. The number of aromatic amines is 1. The molecule has 0 saturated carbocycles. The molecule has 0 fully saturated rings. The van der Waals surface area contributed by atoms with Crippen molar-refractivity contribution in [2.75, 3.05) is 7.11 Å². The number of nitrogens with one attached hydrogen (secondary N) is 1. The number of hydrogen-bond acceptors (Lipinski definition) is 4. The Morgan fingerprint density at radius 1 is 0.700 bits per heavy atom. The number of methoxy groups -OCH3 is 1. The Kier molecular flexibility index (Phi) is 4.62. The van der Waals surface area contributed by atoms with E-state index in [9.17, 15) is 0 Å². The highest BCUT2D eigenvalue weighted by molar-refractivity contribution is 5.87. The number of nitrogens with zero attached hydrogens (tertiary/aromatic N) is 2. The molecule has 0 aliphatic rings. The van der Waals surface area contributed by atoms with Crippen LogP contribution in [0.5, 0.6) is 17.4 Å². The van der Waals surface area contributed by atoms with Crippen molar-refractivity contribution in [2.45, 2.75) is 0 Å². The van der Waals surface area contributed by atoms with Gasteiger partial charge in [0, 0.05) is 5.69 Å². The monoisotopic (exact) mass is 393 g/mol. The van der Waals surface area contributed by atoms with E-state index in [1.807, 2.05) is 72.8 Å². The molecule has 0 radical (unpaired) electrons. The van der Waals surface area contributed by atoms with E-state index in [-0.39, 0.29) is 0 Å². The molecule has 5 heteroatoms. The molecule has 0 atom stereocenters. The summed E-state index contributed by atoms with van der Waals surface area (Å²) in [5.74, 6) is 2.06. The lowest BCUT2D eigenvalue weighted by molar-refractivity contribution is 0.415. The first-order chi connectivity index (χ1) is 14.8. The van der Waals surface area contributed by atoms with Crippen LogP contribution in [-0.2, 0) is 0 Å². The number of hydrogen-bond donors (Lipinski definition) is 1. The highest BCUT2D eigenvalue weighted by Crippen LogP contribution is 2.32. The summed E-state index contributed by atoms with van der Waals surface area (Å²) in [7, 11) is 1.66. The van der Waals surface area contributed by atoms with Crippen LogP contribution in [0, 0.1) is 0 Å². The molecule has 146 valence electrons. The molecule has 3 aromatic carbocycles. The molecule has 0 saturated heterocycles. The maximum absolute atomic E-state index is 6.08. The van der Waals surface area contributed by atoms with Gasteiger partial charge in [-0.3, -0.25) is 0 Å². The Morgan fingerprint density at radius 3 is 2.10 bits per heavy atom. The zero-order valence-corrected chi connectivity index (χ0v) is 16.4. The Morgan fingerprint density at radius 2 is 1.37 bits per heavy atom. The van der Waals surface area contributed by atoms with Gasteiger partial charge in [0.1, 0.15) is 23.5 Å². The molecule has 0 amide bonds. The van der Waals surface area contributed by atoms with Gasteiger partial charge in [-0.1, -0.05) is 42.5 Å². The second kappa shape index (κ2) is 7.72. The van der Waals surface area contributed by atoms with Crippen LogP contribution in [0.25, 0.3) is 33.4 Å². The number of aromatic nitrogens is 3. The van der Waals surface area contributed by atoms with E-state index >= 15 is 0 Å². The first kappa shape index (κ1) is 17.9. The lowest BCUT2D eigenvalue weighted by Crippen LogP contribution is -1.90. The van der Waals surface area contributed by atoms with Crippen LogP contribution in [0.4, 0.5) is 0 Å². The average Bonchev–Trinajstić information content (AvgIpc) is 3.26. The second-order valence-electron chi connectivity index (χ2n) is 6.85. The van der Waals surface area contributed by atoms with Crippen LogP contribution in [0.3, 0.4) is 0 Å². The topological polar surface area (TPSA) is 60.0 Å². The molecular formula is C25H19N3O2. The minimum atomic E-state index is 0.517. The van der Waals surface area contributed by atoms with E-state index in [0.29, 0.717) is 5.88 Å². The summed E-state index contributed by atoms with van der Waals surface area (Å²) in [5.41, 5.74) is 5.01. The fourth-order valence-corrected chi connectivity index (χ4v) is 3.38. The minimum Gasteiger partial charge on any atom is -0.497 e. The third kappa shape index (κ3) is 3.49. The predicted octanol–water partition coefficient (Wildman–Crippen LogP) is 6.09. The van der Waals surface area contributed by atoms with Gasteiger partial charge in [-0.2, -0.15) is 0 Å². The van der Waals surface area contributed by atoms with Gasteiger partial charge < -0.3 is 14.5 Å². The van der Waals surface area contributed by atoms with Crippen LogP contribution in [0.2, 0.25) is 0 Å². The molecule has 2 aromatic heterocycles. The standard InChI is InChI=1S/C25H19N3O2/c1-29-20-11-9-19(10-12-20)23-15-22-24(28-23)26-16-27-25(22)30-21-13-7-18(8-14-21)17-5-3-2-4-6-17/h2-16H,1H3,(H,26,27,28). The highest BCUT2D eigenvalue weighted by Gasteiger charge is 2.11. The number of benzene rings is 3. The number of ether oxygens (including phenoxy) is 2. The van der Waals surface area contributed by atoms with Crippen molar-refractivity contribution in [3.05, 3.63) is 91.3 Å². The van der Waals surface area contributed by atoms with Gasteiger partial charge in [-0.15, -0.1) is 0 Å². The number of rotatable bonds is 5. The van der Waals surface area contributed by atoms with Gasteiger partial charge in [0.05, 0.1) is 12.5 Å². The van der Waals surface area contributed by atoms with Crippen LogP contribution in [0.1, 0.15) is 0 Å². The maximum Gasteiger partial charge on any atom is 0.231 e. The minimum absolute atomic E-state index is 0.517. The van der Waals surface area contributed by atoms with Crippen LogP contribution in [0.15, 0.2) is 91.3 Å². The van der Waals surface area contributed by atoms with Crippen molar-refractivity contribution < 1.29 is 9.47 Å². The summed E-state index contributed by atoms with van der Waals surface area (Å²) >= 11 is 0. The molecule has 5 rings (SSSR count). The van der Waals surface area contributed by atoms with Gasteiger partial charge >= 0.3 is 0 Å². The van der Waals surface area contributed by atoms with E-state index in [2.05, 4.69) is 27.1 Å².